The zero-order valence-corrected chi connectivity index (χ0v) is 13.0. The maximum absolute atomic E-state index is 13.0. The Bertz CT molecular complexity index is 480. The largest absolute Gasteiger partial charge is 0.496 e. The molecule has 0 radical (unpaired) electrons. The highest BCUT2D eigenvalue weighted by Crippen LogP contribution is 2.32. The number of piperidine rings is 1. The van der Waals surface area contributed by atoms with Crippen LogP contribution in [0.2, 0.25) is 0 Å². The average molecular weight is 292 g/mol. The van der Waals surface area contributed by atoms with Crippen molar-refractivity contribution in [3.8, 4) is 11.5 Å². The molecule has 1 aliphatic heterocycles. The van der Waals surface area contributed by atoms with Gasteiger partial charge >= 0.3 is 0 Å². The van der Waals surface area contributed by atoms with E-state index in [9.17, 15) is 4.79 Å². The third-order valence-corrected chi connectivity index (χ3v) is 4.06. The lowest BCUT2D eigenvalue weighted by atomic mass is 9.95. The Labute approximate surface area is 126 Å². The van der Waals surface area contributed by atoms with E-state index >= 15 is 0 Å². The molecule has 2 rings (SSSR count). The van der Waals surface area contributed by atoms with Gasteiger partial charge < -0.3 is 20.1 Å². The fourth-order valence-corrected chi connectivity index (χ4v) is 2.96. The topological polar surface area (TPSA) is 64.8 Å². The van der Waals surface area contributed by atoms with E-state index in [4.69, 9.17) is 15.2 Å². The molecule has 1 aromatic rings. The van der Waals surface area contributed by atoms with Crippen LogP contribution in [0.15, 0.2) is 18.2 Å². The molecule has 1 aliphatic rings. The molecule has 2 N–H and O–H groups in total. The second-order valence-electron chi connectivity index (χ2n) is 5.46. The van der Waals surface area contributed by atoms with Gasteiger partial charge in [-0.1, -0.05) is 6.07 Å². The first-order valence-electron chi connectivity index (χ1n) is 7.37. The maximum Gasteiger partial charge on any atom is 0.261 e. The number of amides is 1. The van der Waals surface area contributed by atoms with Gasteiger partial charge in [-0.25, -0.2) is 0 Å². The minimum Gasteiger partial charge on any atom is -0.496 e. The normalized spacial score (nSPS) is 20.0. The molecule has 116 valence electrons. The number of likely N-dealkylation sites (tertiary alicyclic amines) is 1. The average Bonchev–Trinajstić information content (AvgIpc) is 2.53. The molecule has 1 fully saturated rings. The number of methoxy groups -OCH3 is 2. The van der Waals surface area contributed by atoms with Crippen LogP contribution in [0.3, 0.4) is 0 Å². The molecule has 1 saturated heterocycles. The number of nitrogens with two attached hydrogens (primary N) is 1. The molecule has 0 aliphatic carbocycles. The van der Waals surface area contributed by atoms with Crippen molar-refractivity contribution in [3.05, 3.63) is 23.8 Å². The lowest BCUT2D eigenvalue weighted by Gasteiger charge is -2.38. The second kappa shape index (κ2) is 6.80. The Hall–Kier alpha value is -1.75. The summed E-state index contributed by atoms with van der Waals surface area (Å²) in [6.07, 6.45) is 3.06. The summed E-state index contributed by atoms with van der Waals surface area (Å²) in [5.41, 5.74) is 6.54. The molecule has 2 atom stereocenters. The summed E-state index contributed by atoms with van der Waals surface area (Å²) in [5.74, 6) is 1.01. The number of rotatable bonds is 4. The molecule has 0 bridgehead atoms. The Morgan fingerprint density at radius 3 is 2.43 bits per heavy atom. The molecule has 1 aromatic carbocycles. The van der Waals surface area contributed by atoms with Gasteiger partial charge in [-0.3, -0.25) is 4.79 Å². The summed E-state index contributed by atoms with van der Waals surface area (Å²) in [7, 11) is 3.12. The van der Waals surface area contributed by atoms with Crippen LogP contribution in [0.5, 0.6) is 11.5 Å². The summed E-state index contributed by atoms with van der Waals surface area (Å²) in [6.45, 7) is 2.68. The Kier molecular flexibility index (Phi) is 5.07. The van der Waals surface area contributed by atoms with Gasteiger partial charge in [0.2, 0.25) is 0 Å². The highest BCUT2D eigenvalue weighted by atomic mass is 16.5. The number of benzene rings is 1. The molecule has 5 heteroatoms. The van der Waals surface area contributed by atoms with E-state index in [0.29, 0.717) is 17.1 Å². The van der Waals surface area contributed by atoms with Gasteiger partial charge in [0, 0.05) is 18.6 Å². The summed E-state index contributed by atoms with van der Waals surface area (Å²) >= 11 is 0. The number of hydrogen-bond donors (Lipinski definition) is 1. The van der Waals surface area contributed by atoms with Crippen molar-refractivity contribution in [3.63, 3.8) is 0 Å². The Balaban J connectivity index is 2.38. The number of carbonyl (C=O) groups excluding carboxylic acids is 1. The van der Waals surface area contributed by atoms with Crippen molar-refractivity contribution in [2.75, 3.05) is 20.8 Å². The second-order valence-corrected chi connectivity index (χ2v) is 5.46. The van der Waals surface area contributed by atoms with Crippen LogP contribution in [-0.4, -0.2) is 43.7 Å². The molecule has 21 heavy (non-hydrogen) atoms. The van der Waals surface area contributed by atoms with Gasteiger partial charge in [0.05, 0.1) is 14.2 Å². The summed E-state index contributed by atoms with van der Waals surface area (Å²) in [6, 6.07) is 5.39. The molecule has 1 amide bonds. The lowest BCUT2D eigenvalue weighted by molar-refractivity contribution is 0.0577. The van der Waals surface area contributed by atoms with Crippen LogP contribution >= 0.6 is 0 Å². The molecule has 5 nitrogen and oxygen atoms in total. The summed E-state index contributed by atoms with van der Waals surface area (Å²) < 4.78 is 10.7. The molecular formula is C16H24N2O3. The van der Waals surface area contributed by atoms with E-state index in [0.717, 1.165) is 25.8 Å². The minimum absolute atomic E-state index is 0.0463. The van der Waals surface area contributed by atoms with Crippen LogP contribution in [0.4, 0.5) is 0 Å². The fourth-order valence-electron chi connectivity index (χ4n) is 2.96. The number of ether oxygens (including phenoxy) is 2. The van der Waals surface area contributed by atoms with E-state index in [1.165, 1.54) is 0 Å². The van der Waals surface area contributed by atoms with Gasteiger partial charge in [-0.15, -0.1) is 0 Å². The Morgan fingerprint density at radius 1 is 1.29 bits per heavy atom. The van der Waals surface area contributed by atoms with Gasteiger partial charge in [0.1, 0.15) is 17.1 Å². The molecule has 0 spiro atoms. The van der Waals surface area contributed by atoms with Crippen LogP contribution in [0, 0.1) is 0 Å². The number of carbonyl (C=O) groups is 1. The van der Waals surface area contributed by atoms with Gasteiger partial charge in [-0.05, 0) is 38.3 Å². The fraction of sp³-hybridized carbons (Fsp3) is 0.562. The minimum atomic E-state index is -0.0636. The summed E-state index contributed by atoms with van der Waals surface area (Å²) in [4.78, 5) is 14.9. The van der Waals surface area contributed by atoms with Crippen LogP contribution in [0.1, 0.15) is 36.5 Å². The highest BCUT2D eigenvalue weighted by Gasteiger charge is 2.32. The van der Waals surface area contributed by atoms with E-state index < -0.39 is 0 Å². The molecule has 0 saturated carbocycles. The molecular weight excluding hydrogens is 268 g/mol. The molecule has 0 aromatic heterocycles. The monoisotopic (exact) mass is 292 g/mol. The van der Waals surface area contributed by atoms with Crippen molar-refractivity contribution < 1.29 is 14.3 Å². The third-order valence-electron chi connectivity index (χ3n) is 4.06. The van der Waals surface area contributed by atoms with Crippen molar-refractivity contribution in [2.24, 2.45) is 5.73 Å². The van der Waals surface area contributed by atoms with Crippen molar-refractivity contribution in [2.45, 2.75) is 38.3 Å². The lowest BCUT2D eigenvalue weighted by Crippen LogP contribution is -2.51. The SMILES string of the molecule is COc1cccc(OC)c1C(=O)N1CCCCC1C(C)N. The van der Waals surface area contributed by atoms with Gasteiger partial charge in [0.15, 0.2) is 0 Å². The van der Waals surface area contributed by atoms with E-state index in [1.54, 1.807) is 26.4 Å². The predicted octanol–water partition coefficient (Wildman–Crippen LogP) is 2.05. The third kappa shape index (κ3) is 3.13. The van der Waals surface area contributed by atoms with E-state index in [-0.39, 0.29) is 18.0 Å². The smallest absolute Gasteiger partial charge is 0.261 e. The van der Waals surface area contributed by atoms with Crippen molar-refractivity contribution in [1.82, 2.24) is 4.90 Å². The first-order valence-corrected chi connectivity index (χ1v) is 7.37. The first kappa shape index (κ1) is 15.6. The van der Waals surface area contributed by atoms with E-state index in [2.05, 4.69) is 0 Å². The zero-order valence-electron chi connectivity index (χ0n) is 13.0. The zero-order chi connectivity index (χ0) is 15.4. The van der Waals surface area contributed by atoms with Crippen molar-refractivity contribution >= 4 is 5.91 Å². The van der Waals surface area contributed by atoms with Gasteiger partial charge in [-0.2, -0.15) is 0 Å². The number of nitrogens with zero attached hydrogens (tertiary/aromatic N) is 1. The van der Waals surface area contributed by atoms with Crippen molar-refractivity contribution in [1.29, 1.82) is 0 Å². The summed E-state index contributed by atoms with van der Waals surface area (Å²) in [5, 5.41) is 0. The molecule has 2 unspecified atom stereocenters. The predicted molar refractivity (Wildman–Crippen MR) is 81.9 cm³/mol. The quantitative estimate of drug-likeness (QED) is 0.922. The molecule has 1 heterocycles. The van der Waals surface area contributed by atoms with Gasteiger partial charge in [0.25, 0.3) is 5.91 Å². The van der Waals surface area contributed by atoms with E-state index in [1.807, 2.05) is 17.9 Å². The maximum atomic E-state index is 13.0. The van der Waals surface area contributed by atoms with Crippen LogP contribution < -0.4 is 15.2 Å². The standard InChI is InChI=1S/C16H24N2O3/c1-11(17)12-7-4-5-10-18(12)16(19)15-13(20-2)8-6-9-14(15)21-3/h6,8-9,11-12H,4-5,7,10,17H2,1-3H3. The number of hydrogen-bond acceptors (Lipinski definition) is 4. The van der Waals surface area contributed by atoms with Crippen LogP contribution in [-0.2, 0) is 0 Å². The van der Waals surface area contributed by atoms with Crippen LogP contribution in [0.25, 0.3) is 0 Å². The Morgan fingerprint density at radius 2 is 1.90 bits per heavy atom. The first-order chi connectivity index (χ1) is 10.1. The highest BCUT2D eigenvalue weighted by molar-refractivity contribution is 6.00.